The summed E-state index contributed by atoms with van der Waals surface area (Å²) in [5.74, 6) is 0.281. The Balaban J connectivity index is 0. The summed E-state index contributed by atoms with van der Waals surface area (Å²) in [6.45, 7) is 3.81. The van der Waals surface area contributed by atoms with E-state index in [1.165, 1.54) is 0 Å². The standard InChI is InChI=1S/C5H13NO2S.Na.H/c1-3-5(2)4-9(6,7)8;;/h5H,3-4H2,1-2H3,(H2,6,7,8);;. The van der Waals surface area contributed by atoms with Crippen LogP contribution in [-0.4, -0.2) is 43.7 Å². The normalized spacial score (nSPS) is 13.9. The van der Waals surface area contributed by atoms with Crippen molar-refractivity contribution in [2.24, 2.45) is 11.1 Å². The van der Waals surface area contributed by atoms with Crippen molar-refractivity contribution in [3.63, 3.8) is 0 Å². The molecule has 0 aliphatic rings. The van der Waals surface area contributed by atoms with Gasteiger partial charge in [-0.15, -0.1) is 0 Å². The molecule has 0 fully saturated rings. The predicted molar refractivity (Wildman–Crippen MR) is 44.6 cm³/mol. The van der Waals surface area contributed by atoms with Crippen LogP contribution in [0.25, 0.3) is 0 Å². The van der Waals surface area contributed by atoms with E-state index in [4.69, 9.17) is 5.14 Å². The first-order chi connectivity index (χ1) is 3.95. The molecule has 10 heavy (non-hydrogen) atoms. The van der Waals surface area contributed by atoms with Crippen LogP contribution in [0.2, 0.25) is 0 Å². The molecule has 0 aromatic rings. The van der Waals surface area contributed by atoms with Gasteiger partial charge in [0, 0.05) is 0 Å². The van der Waals surface area contributed by atoms with Gasteiger partial charge in [0.25, 0.3) is 0 Å². The van der Waals surface area contributed by atoms with Gasteiger partial charge in [0.1, 0.15) is 0 Å². The van der Waals surface area contributed by atoms with Gasteiger partial charge in [-0.2, -0.15) is 0 Å². The number of nitrogens with two attached hydrogens (primary N) is 1. The molecular formula is C5H14NNaO2S. The summed E-state index contributed by atoms with van der Waals surface area (Å²) < 4.78 is 20.8. The third-order valence-electron chi connectivity index (χ3n) is 1.21. The van der Waals surface area contributed by atoms with E-state index in [2.05, 4.69) is 0 Å². The van der Waals surface area contributed by atoms with E-state index in [0.29, 0.717) is 0 Å². The molecule has 1 atom stereocenters. The number of primary sulfonamides is 1. The second-order valence-electron chi connectivity index (χ2n) is 2.34. The van der Waals surface area contributed by atoms with Gasteiger partial charge in [-0.1, -0.05) is 20.3 Å². The Labute approximate surface area is 84.7 Å². The van der Waals surface area contributed by atoms with Gasteiger partial charge in [-0.3, -0.25) is 0 Å². The Morgan fingerprint density at radius 1 is 1.50 bits per heavy atom. The molecule has 2 N–H and O–H groups in total. The molecule has 0 amide bonds. The first-order valence-corrected chi connectivity index (χ1v) is 4.67. The van der Waals surface area contributed by atoms with Crippen molar-refractivity contribution in [3.05, 3.63) is 0 Å². The van der Waals surface area contributed by atoms with Crippen molar-refractivity contribution in [3.8, 4) is 0 Å². The second kappa shape index (κ2) is 5.55. The third-order valence-corrected chi connectivity index (χ3v) is 2.25. The molecule has 0 saturated carbocycles. The molecule has 1 unspecified atom stereocenters. The fourth-order valence-corrected chi connectivity index (χ4v) is 1.54. The van der Waals surface area contributed by atoms with Crippen LogP contribution in [0.4, 0.5) is 0 Å². The van der Waals surface area contributed by atoms with E-state index < -0.39 is 10.0 Å². The van der Waals surface area contributed by atoms with Crippen molar-refractivity contribution in [1.29, 1.82) is 0 Å². The van der Waals surface area contributed by atoms with Gasteiger partial charge in [0.05, 0.1) is 5.75 Å². The zero-order valence-electron chi connectivity index (χ0n) is 5.79. The number of hydrogen-bond acceptors (Lipinski definition) is 2. The monoisotopic (exact) mass is 175 g/mol. The Morgan fingerprint density at radius 3 is 2.00 bits per heavy atom. The average Bonchev–Trinajstić information content (AvgIpc) is 1.62. The summed E-state index contributed by atoms with van der Waals surface area (Å²) >= 11 is 0. The first kappa shape index (κ1) is 13.5. The van der Waals surface area contributed by atoms with Crippen LogP contribution < -0.4 is 5.14 Å². The molecule has 0 aliphatic carbocycles. The average molecular weight is 175 g/mol. The molecular weight excluding hydrogens is 161 g/mol. The molecule has 0 aromatic carbocycles. The summed E-state index contributed by atoms with van der Waals surface area (Å²) in [7, 11) is -3.24. The van der Waals surface area contributed by atoms with Crippen molar-refractivity contribution < 1.29 is 8.42 Å². The fraction of sp³-hybridized carbons (Fsp3) is 1.00. The molecule has 0 bridgehead atoms. The minimum absolute atomic E-state index is 0. The SMILES string of the molecule is CCC(C)CS(N)(=O)=O.[NaH]. The van der Waals surface area contributed by atoms with Gasteiger partial charge in [-0.05, 0) is 5.92 Å². The molecule has 0 aromatic heterocycles. The minimum atomic E-state index is -3.24. The van der Waals surface area contributed by atoms with E-state index in [1.807, 2.05) is 13.8 Å². The van der Waals surface area contributed by atoms with Crippen molar-refractivity contribution in [1.82, 2.24) is 0 Å². The summed E-state index contributed by atoms with van der Waals surface area (Å²) in [5.41, 5.74) is 0. The quantitative estimate of drug-likeness (QED) is 0.597. The summed E-state index contributed by atoms with van der Waals surface area (Å²) in [6, 6.07) is 0. The van der Waals surface area contributed by atoms with E-state index in [9.17, 15) is 8.42 Å². The topological polar surface area (TPSA) is 60.2 Å². The predicted octanol–water partition coefficient (Wildman–Crippen LogP) is -0.327. The van der Waals surface area contributed by atoms with E-state index in [1.54, 1.807) is 0 Å². The molecule has 58 valence electrons. The van der Waals surface area contributed by atoms with Crippen molar-refractivity contribution in [2.45, 2.75) is 20.3 Å². The molecule has 0 radical (unpaired) electrons. The van der Waals surface area contributed by atoms with Crippen molar-refractivity contribution >= 4 is 39.6 Å². The van der Waals surface area contributed by atoms with Crippen LogP contribution in [0.15, 0.2) is 0 Å². The van der Waals surface area contributed by atoms with Crippen LogP contribution in [0.5, 0.6) is 0 Å². The zero-order valence-corrected chi connectivity index (χ0v) is 6.61. The van der Waals surface area contributed by atoms with E-state index in [-0.39, 0.29) is 41.2 Å². The number of hydrogen-bond donors (Lipinski definition) is 1. The van der Waals surface area contributed by atoms with Crippen LogP contribution >= 0.6 is 0 Å². The first-order valence-electron chi connectivity index (χ1n) is 2.96. The molecule has 0 saturated heterocycles. The Bertz CT molecular complexity index is 166. The molecule has 0 heterocycles. The van der Waals surface area contributed by atoms with E-state index in [0.717, 1.165) is 6.42 Å². The molecule has 3 nitrogen and oxygen atoms in total. The van der Waals surface area contributed by atoms with E-state index >= 15 is 0 Å². The summed E-state index contributed by atoms with van der Waals surface area (Å²) in [5, 5.41) is 4.78. The molecule has 0 rings (SSSR count). The van der Waals surface area contributed by atoms with Gasteiger partial charge >= 0.3 is 29.6 Å². The Kier molecular flexibility index (Phi) is 7.49. The van der Waals surface area contributed by atoms with Crippen LogP contribution in [-0.2, 0) is 10.0 Å². The Morgan fingerprint density at radius 2 is 1.90 bits per heavy atom. The van der Waals surface area contributed by atoms with Crippen LogP contribution in [0.1, 0.15) is 20.3 Å². The van der Waals surface area contributed by atoms with Crippen molar-refractivity contribution in [2.75, 3.05) is 5.75 Å². The number of rotatable bonds is 3. The summed E-state index contributed by atoms with van der Waals surface area (Å²) in [6.07, 6.45) is 0.858. The van der Waals surface area contributed by atoms with Crippen LogP contribution in [0.3, 0.4) is 0 Å². The number of sulfonamides is 1. The van der Waals surface area contributed by atoms with Crippen LogP contribution in [0, 0.1) is 5.92 Å². The molecule has 5 heteroatoms. The second-order valence-corrected chi connectivity index (χ2v) is 4.00. The van der Waals surface area contributed by atoms with Gasteiger partial charge in [-0.25, -0.2) is 13.6 Å². The maximum atomic E-state index is 10.4. The fourth-order valence-electron chi connectivity index (χ4n) is 0.514. The zero-order chi connectivity index (χ0) is 7.49. The Hall–Kier alpha value is 0.910. The van der Waals surface area contributed by atoms with Gasteiger partial charge in [0.2, 0.25) is 10.0 Å². The third kappa shape index (κ3) is 8.91. The molecule has 0 aliphatic heterocycles. The molecule has 0 spiro atoms. The summed E-state index contributed by atoms with van der Waals surface area (Å²) in [4.78, 5) is 0. The van der Waals surface area contributed by atoms with Gasteiger partial charge < -0.3 is 0 Å². The maximum absolute atomic E-state index is 10.4. The van der Waals surface area contributed by atoms with Gasteiger partial charge in [0.15, 0.2) is 0 Å².